The Morgan fingerprint density at radius 3 is 2.78 bits per heavy atom. The van der Waals surface area contributed by atoms with Crippen LogP contribution in [0.25, 0.3) is 11.3 Å². The first-order valence-corrected chi connectivity index (χ1v) is 8.85. The third-order valence-corrected chi connectivity index (χ3v) is 4.41. The molecular formula is C20H24N4O3. The number of hydrogen-bond donors (Lipinski definition) is 1. The molecule has 0 spiro atoms. The Hall–Kier alpha value is -2.77. The largest absolute Gasteiger partial charge is 0.368 e. The van der Waals surface area contributed by atoms with Crippen molar-refractivity contribution in [3.05, 3.63) is 53.7 Å². The van der Waals surface area contributed by atoms with Crippen LogP contribution in [0, 0.1) is 0 Å². The van der Waals surface area contributed by atoms with Gasteiger partial charge >= 0.3 is 0 Å². The summed E-state index contributed by atoms with van der Waals surface area (Å²) < 4.78 is 5.86. The van der Waals surface area contributed by atoms with Crippen molar-refractivity contribution in [1.29, 1.82) is 0 Å². The molecule has 7 nitrogen and oxygen atoms in total. The van der Waals surface area contributed by atoms with Crippen LogP contribution < -0.4 is 5.73 Å². The molecule has 1 atom stereocenters. The van der Waals surface area contributed by atoms with E-state index in [0.29, 0.717) is 31.8 Å². The molecule has 0 aliphatic carbocycles. The number of pyridine rings is 1. The summed E-state index contributed by atoms with van der Waals surface area (Å²) in [4.78, 5) is 32.1. The molecule has 142 valence electrons. The first-order valence-electron chi connectivity index (χ1n) is 8.85. The minimum absolute atomic E-state index is 0.0820. The summed E-state index contributed by atoms with van der Waals surface area (Å²) in [5, 5.41) is 0. The highest BCUT2D eigenvalue weighted by atomic mass is 16.5. The molecule has 2 amide bonds. The zero-order chi connectivity index (χ0) is 19.4. The van der Waals surface area contributed by atoms with Gasteiger partial charge in [-0.2, -0.15) is 0 Å². The van der Waals surface area contributed by atoms with Crippen LogP contribution in [-0.2, 0) is 9.53 Å². The van der Waals surface area contributed by atoms with Gasteiger partial charge in [0.05, 0.1) is 31.1 Å². The fraction of sp³-hybridized carbons (Fsp3) is 0.350. The van der Waals surface area contributed by atoms with Crippen LogP contribution in [0.3, 0.4) is 0 Å². The van der Waals surface area contributed by atoms with E-state index in [1.165, 1.54) is 0 Å². The molecule has 1 aromatic heterocycles. The predicted octanol–water partition coefficient (Wildman–Crippen LogP) is 1.31. The smallest absolute Gasteiger partial charge is 0.248 e. The van der Waals surface area contributed by atoms with Crippen LogP contribution >= 0.6 is 0 Å². The molecule has 0 bridgehead atoms. The molecule has 1 aromatic carbocycles. The number of hydrogen-bond acceptors (Lipinski definition) is 5. The monoisotopic (exact) mass is 368 g/mol. The molecular weight excluding hydrogens is 344 g/mol. The maximum Gasteiger partial charge on any atom is 0.248 e. The topological polar surface area (TPSA) is 88.8 Å². The van der Waals surface area contributed by atoms with Crippen molar-refractivity contribution in [3.63, 3.8) is 0 Å². The molecule has 1 fully saturated rings. The number of aromatic nitrogens is 1. The number of benzene rings is 1. The van der Waals surface area contributed by atoms with Gasteiger partial charge in [0.25, 0.3) is 0 Å². The first-order chi connectivity index (χ1) is 12.9. The van der Waals surface area contributed by atoms with Crippen molar-refractivity contribution in [2.75, 3.05) is 40.3 Å². The summed E-state index contributed by atoms with van der Waals surface area (Å²) in [7, 11) is 3.75. The van der Waals surface area contributed by atoms with Crippen LogP contribution in [0.5, 0.6) is 0 Å². The van der Waals surface area contributed by atoms with E-state index < -0.39 is 5.91 Å². The number of carbonyl (C=O) groups is 2. The molecule has 2 N–H and O–H groups in total. The van der Waals surface area contributed by atoms with Crippen molar-refractivity contribution >= 4 is 11.8 Å². The zero-order valence-electron chi connectivity index (χ0n) is 15.6. The summed E-state index contributed by atoms with van der Waals surface area (Å²) in [6, 6.07) is 12.7. The Kier molecular flexibility index (Phi) is 5.83. The molecule has 1 unspecified atom stereocenters. The van der Waals surface area contributed by atoms with Gasteiger partial charge in [0.1, 0.15) is 6.10 Å². The van der Waals surface area contributed by atoms with Crippen LogP contribution in [0.15, 0.2) is 42.5 Å². The molecule has 0 radical (unpaired) electrons. The van der Waals surface area contributed by atoms with Crippen molar-refractivity contribution in [1.82, 2.24) is 14.8 Å². The molecule has 1 saturated heterocycles. The highest BCUT2D eigenvalue weighted by molar-refractivity contribution is 5.94. The van der Waals surface area contributed by atoms with Gasteiger partial charge in [0.2, 0.25) is 11.8 Å². The summed E-state index contributed by atoms with van der Waals surface area (Å²) in [6.45, 7) is 1.92. The van der Waals surface area contributed by atoms with Gasteiger partial charge in [-0.05, 0) is 38.4 Å². The van der Waals surface area contributed by atoms with Gasteiger partial charge < -0.3 is 20.3 Å². The van der Waals surface area contributed by atoms with Gasteiger partial charge in [-0.1, -0.05) is 18.2 Å². The van der Waals surface area contributed by atoms with Crippen LogP contribution in [0.2, 0.25) is 0 Å². The van der Waals surface area contributed by atoms with Crippen molar-refractivity contribution in [2.45, 2.75) is 6.10 Å². The minimum atomic E-state index is -0.473. The zero-order valence-corrected chi connectivity index (χ0v) is 15.6. The predicted molar refractivity (Wildman–Crippen MR) is 102 cm³/mol. The molecule has 3 rings (SSSR count). The minimum Gasteiger partial charge on any atom is -0.368 e. The van der Waals surface area contributed by atoms with Gasteiger partial charge in [-0.25, -0.2) is 4.98 Å². The maximum atomic E-state index is 12.3. The maximum absolute atomic E-state index is 12.3. The first kappa shape index (κ1) is 19.0. The number of primary amides is 1. The summed E-state index contributed by atoms with van der Waals surface area (Å²) in [5.41, 5.74) is 8.11. The molecule has 0 saturated carbocycles. The normalized spacial score (nSPS) is 17.1. The van der Waals surface area contributed by atoms with Crippen LogP contribution in [0.1, 0.15) is 22.2 Å². The van der Waals surface area contributed by atoms with E-state index in [1.54, 1.807) is 18.2 Å². The third-order valence-electron chi connectivity index (χ3n) is 4.41. The Labute approximate surface area is 158 Å². The van der Waals surface area contributed by atoms with E-state index in [-0.39, 0.29) is 12.0 Å². The lowest BCUT2D eigenvalue weighted by Gasteiger charge is -2.33. The number of ether oxygens (including phenoxy) is 1. The Balaban J connectivity index is 1.80. The Bertz CT molecular complexity index is 837. The second-order valence-corrected chi connectivity index (χ2v) is 6.83. The fourth-order valence-corrected chi connectivity index (χ4v) is 3.05. The van der Waals surface area contributed by atoms with Crippen molar-refractivity contribution in [2.24, 2.45) is 5.73 Å². The van der Waals surface area contributed by atoms with Crippen LogP contribution in [-0.4, -0.2) is 66.9 Å². The molecule has 2 heterocycles. The number of nitrogens with two attached hydrogens (primary N) is 1. The third kappa shape index (κ3) is 4.69. The van der Waals surface area contributed by atoms with E-state index in [1.807, 2.05) is 48.2 Å². The molecule has 7 heteroatoms. The van der Waals surface area contributed by atoms with E-state index >= 15 is 0 Å². The van der Waals surface area contributed by atoms with Crippen molar-refractivity contribution in [3.8, 4) is 11.3 Å². The van der Waals surface area contributed by atoms with E-state index in [4.69, 9.17) is 15.5 Å². The quantitative estimate of drug-likeness (QED) is 0.860. The number of carbonyl (C=O) groups excluding carboxylic acids is 2. The lowest BCUT2D eigenvalue weighted by molar-refractivity contribution is -0.139. The molecule has 27 heavy (non-hydrogen) atoms. The summed E-state index contributed by atoms with van der Waals surface area (Å²) in [5.74, 6) is -0.391. The van der Waals surface area contributed by atoms with Gasteiger partial charge in [-0.15, -0.1) is 0 Å². The second kappa shape index (κ2) is 8.28. The average molecular weight is 368 g/mol. The van der Waals surface area contributed by atoms with Gasteiger partial charge in [0.15, 0.2) is 0 Å². The fourth-order valence-electron chi connectivity index (χ4n) is 3.05. The number of rotatable bonds is 5. The number of nitrogens with zero attached hydrogens (tertiary/aromatic N) is 3. The lowest BCUT2D eigenvalue weighted by atomic mass is 10.1. The van der Waals surface area contributed by atoms with Gasteiger partial charge in [-0.3, -0.25) is 9.59 Å². The number of likely N-dealkylation sites (N-methyl/N-ethyl adjacent to an activating group) is 1. The second-order valence-electron chi connectivity index (χ2n) is 6.83. The van der Waals surface area contributed by atoms with E-state index in [9.17, 15) is 9.59 Å². The molecule has 1 aliphatic rings. The Morgan fingerprint density at radius 1 is 1.26 bits per heavy atom. The summed E-state index contributed by atoms with van der Waals surface area (Å²) >= 11 is 0. The molecule has 2 aromatic rings. The van der Waals surface area contributed by atoms with Gasteiger partial charge in [0, 0.05) is 17.7 Å². The lowest BCUT2D eigenvalue weighted by Crippen LogP contribution is -2.45. The number of morpholine rings is 1. The van der Waals surface area contributed by atoms with E-state index in [2.05, 4.69) is 0 Å². The SMILES string of the molecule is CN(C)CC(=O)N1CCOC(c2cccc(-c3cccc(C(N)=O)c3)n2)C1. The standard InChI is InChI=1S/C20H24N4O3/c1-23(2)13-19(25)24-9-10-27-18(12-24)17-8-4-7-16(22-17)14-5-3-6-15(11-14)20(21)26/h3-8,11,18H,9-10,12-13H2,1-2H3,(H2,21,26). The highest BCUT2D eigenvalue weighted by Gasteiger charge is 2.26. The van der Waals surface area contributed by atoms with Crippen LogP contribution in [0.4, 0.5) is 0 Å². The summed E-state index contributed by atoms with van der Waals surface area (Å²) in [6.07, 6.45) is -0.274. The highest BCUT2D eigenvalue weighted by Crippen LogP contribution is 2.24. The van der Waals surface area contributed by atoms with Crippen molar-refractivity contribution < 1.29 is 14.3 Å². The average Bonchev–Trinajstić information content (AvgIpc) is 2.68. The van der Waals surface area contributed by atoms with E-state index in [0.717, 1.165) is 17.0 Å². The Morgan fingerprint density at radius 2 is 2.04 bits per heavy atom. The number of amides is 2. The molecule has 1 aliphatic heterocycles.